The molecule has 1 unspecified atom stereocenters. The van der Waals surface area contributed by atoms with Crippen LogP contribution in [-0.4, -0.2) is 7.05 Å². The second kappa shape index (κ2) is 5.40. The molecule has 1 heterocycles. The second-order valence-corrected chi connectivity index (χ2v) is 5.59. The molecule has 1 atom stereocenters. The van der Waals surface area contributed by atoms with Gasteiger partial charge in [0.1, 0.15) is 0 Å². The van der Waals surface area contributed by atoms with Crippen LogP contribution in [0, 0.1) is 6.92 Å². The molecule has 0 aliphatic rings. The highest BCUT2D eigenvalue weighted by molar-refractivity contribution is 7.10. The summed E-state index contributed by atoms with van der Waals surface area (Å²) in [6.45, 7) is 2.10. The van der Waals surface area contributed by atoms with E-state index in [4.69, 9.17) is 23.2 Å². The summed E-state index contributed by atoms with van der Waals surface area (Å²) in [4.78, 5) is 1.25. The fourth-order valence-corrected chi connectivity index (χ4v) is 3.53. The predicted molar refractivity (Wildman–Crippen MR) is 76.4 cm³/mol. The Bertz CT molecular complexity index is 502. The van der Waals surface area contributed by atoms with Gasteiger partial charge in [0.2, 0.25) is 0 Å². The lowest BCUT2D eigenvalue weighted by Gasteiger charge is -2.19. The average molecular weight is 286 g/mol. The lowest BCUT2D eigenvalue weighted by molar-refractivity contribution is 0.701. The Morgan fingerprint density at radius 3 is 2.29 bits per heavy atom. The van der Waals surface area contributed by atoms with Crippen LogP contribution in [0.2, 0.25) is 10.0 Å². The van der Waals surface area contributed by atoms with Gasteiger partial charge in [0, 0.05) is 20.5 Å². The Balaban J connectivity index is 2.53. The maximum atomic E-state index is 6.25. The topological polar surface area (TPSA) is 12.0 Å². The molecule has 0 aliphatic carbocycles. The van der Waals surface area contributed by atoms with Gasteiger partial charge in [0.25, 0.3) is 0 Å². The highest BCUT2D eigenvalue weighted by Gasteiger charge is 2.20. The first kappa shape index (κ1) is 12.9. The summed E-state index contributed by atoms with van der Waals surface area (Å²) in [7, 11) is 1.92. The summed E-state index contributed by atoms with van der Waals surface area (Å²) in [6, 6.07) is 7.76. The van der Waals surface area contributed by atoms with Gasteiger partial charge in [0.05, 0.1) is 6.04 Å². The van der Waals surface area contributed by atoms with Crippen LogP contribution in [0.25, 0.3) is 0 Å². The number of thiophene rings is 1. The van der Waals surface area contributed by atoms with Crippen molar-refractivity contribution in [3.8, 4) is 0 Å². The van der Waals surface area contributed by atoms with Crippen LogP contribution >= 0.6 is 34.5 Å². The molecular formula is C13H13Cl2NS. The summed E-state index contributed by atoms with van der Waals surface area (Å²) in [5.74, 6) is 0. The van der Waals surface area contributed by atoms with Crippen LogP contribution in [0.1, 0.15) is 22.0 Å². The van der Waals surface area contributed by atoms with Crippen LogP contribution in [0.5, 0.6) is 0 Å². The number of halogens is 2. The third-order valence-corrected chi connectivity index (χ3v) is 4.48. The molecule has 0 aliphatic heterocycles. The molecule has 2 rings (SSSR count). The zero-order valence-corrected chi connectivity index (χ0v) is 12.0. The van der Waals surface area contributed by atoms with Crippen molar-refractivity contribution in [3.63, 3.8) is 0 Å². The van der Waals surface area contributed by atoms with Crippen molar-refractivity contribution in [2.75, 3.05) is 7.05 Å². The van der Waals surface area contributed by atoms with E-state index in [1.54, 1.807) is 11.3 Å². The monoisotopic (exact) mass is 285 g/mol. The minimum absolute atomic E-state index is 0.0520. The zero-order valence-electron chi connectivity index (χ0n) is 9.63. The van der Waals surface area contributed by atoms with Gasteiger partial charge >= 0.3 is 0 Å². The SMILES string of the molecule is CNC(c1sccc1C)c1c(Cl)cccc1Cl. The number of nitrogens with one attached hydrogen (secondary N) is 1. The Morgan fingerprint density at radius 1 is 1.18 bits per heavy atom. The van der Waals surface area contributed by atoms with Crippen molar-refractivity contribution >= 4 is 34.5 Å². The molecule has 0 radical (unpaired) electrons. The molecular weight excluding hydrogens is 273 g/mol. The number of aryl methyl sites for hydroxylation is 1. The normalized spacial score (nSPS) is 12.7. The molecule has 0 saturated heterocycles. The van der Waals surface area contributed by atoms with E-state index >= 15 is 0 Å². The predicted octanol–water partition coefficient (Wildman–Crippen LogP) is 4.67. The minimum Gasteiger partial charge on any atom is -0.309 e. The Labute approximate surface area is 115 Å². The van der Waals surface area contributed by atoms with E-state index in [0.717, 1.165) is 5.56 Å². The van der Waals surface area contributed by atoms with Crippen LogP contribution in [0.3, 0.4) is 0 Å². The van der Waals surface area contributed by atoms with E-state index in [-0.39, 0.29) is 6.04 Å². The summed E-state index contributed by atoms with van der Waals surface area (Å²) >= 11 is 14.2. The van der Waals surface area contributed by atoms with Gasteiger partial charge in [-0.05, 0) is 43.1 Å². The molecule has 17 heavy (non-hydrogen) atoms. The summed E-state index contributed by atoms with van der Waals surface area (Å²) in [6.07, 6.45) is 0. The third kappa shape index (κ3) is 2.50. The molecule has 1 nitrogen and oxygen atoms in total. The van der Waals surface area contributed by atoms with Crippen molar-refractivity contribution in [2.45, 2.75) is 13.0 Å². The summed E-state index contributed by atoms with van der Waals surface area (Å²) < 4.78 is 0. The van der Waals surface area contributed by atoms with Crippen LogP contribution < -0.4 is 5.32 Å². The standard InChI is InChI=1S/C13H13Cl2NS/c1-8-6-7-17-13(8)12(16-2)11-9(14)4-3-5-10(11)15/h3-7,12,16H,1-2H3. The fourth-order valence-electron chi connectivity index (χ4n) is 1.87. The number of hydrogen-bond acceptors (Lipinski definition) is 2. The van der Waals surface area contributed by atoms with E-state index in [0.29, 0.717) is 10.0 Å². The first-order valence-corrected chi connectivity index (χ1v) is 6.94. The molecule has 0 spiro atoms. The Hall–Kier alpha value is -0.540. The molecule has 0 bridgehead atoms. The smallest absolute Gasteiger partial charge is 0.0700 e. The van der Waals surface area contributed by atoms with E-state index in [1.807, 2.05) is 25.2 Å². The second-order valence-electron chi connectivity index (χ2n) is 3.82. The van der Waals surface area contributed by atoms with Crippen molar-refractivity contribution in [2.24, 2.45) is 0 Å². The lowest BCUT2D eigenvalue weighted by Crippen LogP contribution is -2.18. The fraction of sp³-hybridized carbons (Fsp3) is 0.231. The first-order valence-electron chi connectivity index (χ1n) is 5.30. The van der Waals surface area contributed by atoms with Crippen LogP contribution in [0.4, 0.5) is 0 Å². The maximum Gasteiger partial charge on any atom is 0.0700 e. The van der Waals surface area contributed by atoms with Crippen molar-refractivity contribution in [1.82, 2.24) is 5.32 Å². The highest BCUT2D eigenvalue weighted by atomic mass is 35.5. The molecule has 0 saturated carbocycles. The van der Waals surface area contributed by atoms with Crippen molar-refractivity contribution in [1.29, 1.82) is 0 Å². The number of rotatable bonds is 3. The quantitative estimate of drug-likeness (QED) is 0.864. The van der Waals surface area contributed by atoms with Gasteiger partial charge in [-0.3, -0.25) is 0 Å². The minimum atomic E-state index is 0.0520. The van der Waals surface area contributed by atoms with Crippen molar-refractivity contribution in [3.05, 3.63) is 55.7 Å². The van der Waals surface area contributed by atoms with Crippen LogP contribution in [0.15, 0.2) is 29.6 Å². The highest BCUT2D eigenvalue weighted by Crippen LogP contribution is 2.36. The molecule has 1 N–H and O–H groups in total. The Morgan fingerprint density at radius 2 is 1.82 bits per heavy atom. The van der Waals surface area contributed by atoms with Gasteiger partial charge in [-0.15, -0.1) is 11.3 Å². The van der Waals surface area contributed by atoms with Gasteiger partial charge in [-0.25, -0.2) is 0 Å². The zero-order chi connectivity index (χ0) is 12.4. The summed E-state index contributed by atoms with van der Waals surface area (Å²) in [5.41, 5.74) is 2.20. The van der Waals surface area contributed by atoms with Gasteiger partial charge in [0.15, 0.2) is 0 Å². The molecule has 4 heteroatoms. The Kier molecular flexibility index (Phi) is 4.10. The van der Waals surface area contributed by atoms with Crippen molar-refractivity contribution < 1.29 is 0 Å². The molecule has 0 fully saturated rings. The maximum absolute atomic E-state index is 6.25. The average Bonchev–Trinajstić information content (AvgIpc) is 2.70. The van der Waals surface area contributed by atoms with E-state index in [9.17, 15) is 0 Å². The molecule has 2 aromatic rings. The van der Waals surface area contributed by atoms with E-state index in [2.05, 4.69) is 23.7 Å². The molecule has 0 amide bonds. The lowest BCUT2D eigenvalue weighted by atomic mass is 10.0. The van der Waals surface area contributed by atoms with Gasteiger partial charge in [-0.2, -0.15) is 0 Å². The van der Waals surface area contributed by atoms with E-state index < -0.39 is 0 Å². The largest absolute Gasteiger partial charge is 0.309 e. The first-order chi connectivity index (χ1) is 8.15. The van der Waals surface area contributed by atoms with E-state index in [1.165, 1.54) is 10.4 Å². The number of benzene rings is 1. The van der Waals surface area contributed by atoms with Crippen LogP contribution in [-0.2, 0) is 0 Å². The molecule has 1 aromatic carbocycles. The molecule has 1 aromatic heterocycles. The third-order valence-electron chi connectivity index (χ3n) is 2.74. The van der Waals surface area contributed by atoms with Gasteiger partial charge in [-0.1, -0.05) is 29.3 Å². The number of hydrogen-bond donors (Lipinski definition) is 1. The molecule has 90 valence electrons. The van der Waals surface area contributed by atoms with Gasteiger partial charge < -0.3 is 5.32 Å². The summed E-state index contributed by atoms with van der Waals surface area (Å²) in [5, 5.41) is 6.77.